The molecule has 0 fully saturated rings. The Balaban J connectivity index is 1.65. The first kappa shape index (κ1) is 18.9. The van der Waals surface area contributed by atoms with E-state index in [1.54, 1.807) is 10.9 Å². The van der Waals surface area contributed by atoms with Crippen molar-refractivity contribution in [2.45, 2.75) is 20.4 Å². The van der Waals surface area contributed by atoms with E-state index in [2.05, 4.69) is 38.9 Å². The molecule has 0 atom stereocenters. The van der Waals surface area contributed by atoms with E-state index in [1.165, 1.54) is 5.56 Å². The Labute approximate surface area is 170 Å². The standard InChI is InChI=1S/C23H25N5O/c1-4-27(5-2)23(29)20-16-28(21-7-6-12-24-22(20)21)14-17-8-10-18(11-9-17)19-13-25-26(3)15-19/h6-13,15-16H,4-5,14H2,1-3H3. The third-order valence-electron chi connectivity index (χ3n) is 5.26. The monoisotopic (exact) mass is 387 g/mol. The van der Waals surface area contributed by atoms with Gasteiger partial charge in [-0.15, -0.1) is 0 Å². The van der Waals surface area contributed by atoms with Crippen LogP contribution in [0, 0.1) is 0 Å². The van der Waals surface area contributed by atoms with E-state index in [9.17, 15) is 4.79 Å². The lowest BCUT2D eigenvalue weighted by Gasteiger charge is -2.17. The van der Waals surface area contributed by atoms with Gasteiger partial charge in [0.25, 0.3) is 5.91 Å². The fraction of sp³-hybridized carbons (Fsp3) is 0.261. The number of hydrogen-bond acceptors (Lipinski definition) is 3. The predicted molar refractivity (Wildman–Crippen MR) is 115 cm³/mol. The normalized spacial score (nSPS) is 11.1. The van der Waals surface area contributed by atoms with Crippen molar-refractivity contribution >= 4 is 16.9 Å². The molecule has 148 valence electrons. The number of aromatic nitrogens is 4. The average molecular weight is 387 g/mol. The molecule has 4 aromatic rings. The van der Waals surface area contributed by atoms with Gasteiger partial charge in [-0.1, -0.05) is 24.3 Å². The molecule has 0 radical (unpaired) electrons. The highest BCUT2D eigenvalue weighted by atomic mass is 16.2. The zero-order valence-corrected chi connectivity index (χ0v) is 17.0. The van der Waals surface area contributed by atoms with E-state index >= 15 is 0 Å². The molecular weight excluding hydrogens is 362 g/mol. The zero-order valence-electron chi connectivity index (χ0n) is 17.0. The molecule has 0 aliphatic heterocycles. The predicted octanol–water partition coefficient (Wildman–Crippen LogP) is 3.97. The highest BCUT2D eigenvalue weighted by Gasteiger charge is 2.20. The SMILES string of the molecule is CCN(CC)C(=O)c1cn(Cc2ccc(-c3cnn(C)c3)cc2)c2cccnc12. The molecule has 1 amide bonds. The lowest BCUT2D eigenvalue weighted by Crippen LogP contribution is -2.30. The first-order chi connectivity index (χ1) is 14.1. The van der Waals surface area contributed by atoms with E-state index in [4.69, 9.17) is 0 Å². The highest BCUT2D eigenvalue weighted by Crippen LogP contribution is 2.23. The summed E-state index contributed by atoms with van der Waals surface area (Å²) in [6.07, 6.45) is 7.55. The van der Waals surface area contributed by atoms with Crippen molar-refractivity contribution in [3.8, 4) is 11.1 Å². The van der Waals surface area contributed by atoms with Gasteiger partial charge in [0.1, 0.15) is 5.52 Å². The molecule has 0 saturated carbocycles. The van der Waals surface area contributed by atoms with Gasteiger partial charge in [-0.3, -0.25) is 14.5 Å². The Bertz CT molecular complexity index is 1140. The van der Waals surface area contributed by atoms with Crippen LogP contribution in [-0.4, -0.2) is 43.2 Å². The Kier molecular flexibility index (Phi) is 5.16. The minimum atomic E-state index is 0.0318. The van der Waals surface area contributed by atoms with Crippen molar-refractivity contribution in [2.75, 3.05) is 13.1 Å². The third-order valence-corrected chi connectivity index (χ3v) is 5.26. The number of carbonyl (C=O) groups excluding carboxylic acids is 1. The maximum Gasteiger partial charge on any atom is 0.257 e. The topological polar surface area (TPSA) is 56.0 Å². The second-order valence-corrected chi connectivity index (χ2v) is 7.12. The van der Waals surface area contributed by atoms with Crippen LogP contribution in [-0.2, 0) is 13.6 Å². The number of fused-ring (bicyclic) bond motifs is 1. The van der Waals surface area contributed by atoms with Gasteiger partial charge in [0, 0.05) is 50.8 Å². The van der Waals surface area contributed by atoms with Crippen molar-refractivity contribution < 1.29 is 4.79 Å². The molecule has 1 aromatic carbocycles. The maximum absolute atomic E-state index is 13.0. The highest BCUT2D eigenvalue weighted by molar-refractivity contribution is 6.05. The maximum atomic E-state index is 13.0. The smallest absolute Gasteiger partial charge is 0.257 e. The van der Waals surface area contributed by atoms with Gasteiger partial charge < -0.3 is 9.47 Å². The Morgan fingerprint density at radius 2 is 1.79 bits per heavy atom. The summed E-state index contributed by atoms with van der Waals surface area (Å²) in [5.41, 5.74) is 5.80. The molecule has 0 spiro atoms. The van der Waals surface area contributed by atoms with Crippen LogP contribution < -0.4 is 0 Å². The summed E-state index contributed by atoms with van der Waals surface area (Å²) in [4.78, 5) is 19.3. The minimum Gasteiger partial charge on any atom is -0.341 e. The summed E-state index contributed by atoms with van der Waals surface area (Å²) in [5.74, 6) is 0.0318. The van der Waals surface area contributed by atoms with E-state index in [0.29, 0.717) is 25.2 Å². The van der Waals surface area contributed by atoms with Crippen LogP contribution in [0.25, 0.3) is 22.2 Å². The Hall–Kier alpha value is -3.41. The number of rotatable bonds is 6. The molecule has 3 heterocycles. The lowest BCUT2D eigenvalue weighted by atomic mass is 10.1. The van der Waals surface area contributed by atoms with Gasteiger partial charge in [0.2, 0.25) is 0 Å². The molecule has 0 unspecified atom stereocenters. The van der Waals surface area contributed by atoms with E-state index in [1.807, 2.05) is 56.5 Å². The summed E-state index contributed by atoms with van der Waals surface area (Å²) in [5, 5.41) is 4.23. The Morgan fingerprint density at radius 3 is 2.45 bits per heavy atom. The summed E-state index contributed by atoms with van der Waals surface area (Å²) >= 11 is 0. The molecule has 6 nitrogen and oxygen atoms in total. The second kappa shape index (κ2) is 7.91. The van der Waals surface area contributed by atoms with Crippen molar-refractivity contribution in [1.29, 1.82) is 0 Å². The molecule has 0 saturated heterocycles. The number of hydrogen-bond donors (Lipinski definition) is 0. The molecule has 0 N–H and O–H groups in total. The van der Waals surface area contributed by atoms with Crippen molar-refractivity contribution in [3.05, 3.63) is 72.3 Å². The summed E-state index contributed by atoms with van der Waals surface area (Å²) in [6.45, 7) is 6.05. The van der Waals surface area contributed by atoms with Crippen LogP contribution in [0.3, 0.4) is 0 Å². The van der Waals surface area contributed by atoms with E-state index in [0.717, 1.165) is 22.2 Å². The van der Waals surface area contributed by atoms with Crippen molar-refractivity contribution in [2.24, 2.45) is 7.05 Å². The summed E-state index contributed by atoms with van der Waals surface area (Å²) in [6, 6.07) is 12.4. The molecule has 4 rings (SSSR count). The summed E-state index contributed by atoms with van der Waals surface area (Å²) in [7, 11) is 1.92. The number of carbonyl (C=O) groups is 1. The molecule has 0 bridgehead atoms. The van der Waals surface area contributed by atoms with Crippen molar-refractivity contribution in [1.82, 2.24) is 24.2 Å². The van der Waals surface area contributed by atoms with Gasteiger partial charge in [-0.2, -0.15) is 5.10 Å². The second-order valence-electron chi connectivity index (χ2n) is 7.12. The first-order valence-corrected chi connectivity index (χ1v) is 9.91. The molecular formula is C23H25N5O. The third kappa shape index (κ3) is 3.66. The van der Waals surface area contributed by atoms with Gasteiger partial charge in [0.05, 0.1) is 17.3 Å². The van der Waals surface area contributed by atoms with Crippen LogP contribution in [0.1, 0.15) is 29.8 Å². The quantitative estimate of drug-likeness (QED) is 0.503. The van der Waals surface area contributed by atoms with Crippen LogP contribution in [0.2, 0.25) is 0 Å². The van der Waals surface area contributed by atoms with Gasteiger partial charge in [0.15, 0.2) is 0 Å². The van der Waals surface area contributed by atoms with Crippen LogP contribution >= 0.6 is 0 Å². The fourth-order valence-corrected chi connectivity index (χ4v) is 3.66. The summed E-state index contributed by atoms with van der Waals surface area (Å²) < 4.78 is 3.91. The average Bonchev–Trinajstić information content (AvgIpc) is 3.34. The molecule has 0 aliphatic carbocycles. The number of amides is 1. The molecule has 29 heavy (non-hydrogen) atoms. The van der Waals surface area contributed by atoms with Crippen LogP contribution in [0.4, 0.5) is 0 Å². The van der Waals surface area contributed by atoms with E-state index in [-0.39, 0.29) is 5.91 Å². The molecule has 0 aliphatic rings. The van der Waals surface area contributed by atoms with Gasteiger partial charge >= 0.3 is 0 Å². The number of benzene rings is 1. The van der Waals surface area contributed by atoms with Crippen molar-refractivity contribution in [3.63, 3.8) is 0 Å². The first-order valence-electron chi connectivity index (χ1n) is 9.91. The largest absolute Gasteiger partial charge is 0.341 e. The number of aryl methyl sites for hydroxylation is 1. The molecule has 6 heteroatoms. The minimum absolute atomic E-state index is 0.0318. The Morgan fingerprint density at radius 1 is 1.03 bits per heavy atom. The zero-order chi connectivity index (χ0) is 20.4. The van der Waals surface area contributed by atoms with Crippen LogP contribution in [0.5, 0.6) is 0 Å². The van der Waals surface area contributed by atoms with Gasteiger partial charge in [-0.25, -0.2) is 0 Å². The van der Waals surface area contributed by atoms with E-state index < -0.39 is 0 Å². The number of pyridine rings is 1. The van der Waals surface area contributed by atoms with Crippen LogP contribution in [0.15, 0.2) is 61.2 Å². The molecule has 3 aromatic heterocycles. The number of nitrogens with zero attached hydrogens (tertiary/aromatic N) is 5. The lowest BCUT2D eigenvalue weighted by molar-refractivity contribution is 0.0774. The fourth-order valence-electron chi connectivity index (χ4n) is 3.66. The van der Waals surface area contributed by atoms with Gasteiger partial charge in [-0.05, 0) is 37.1 Å².